The second kappa shape index (κ2) is 6.33. The molecule has 2 aromatic heterocycles. The summed E-state index contributed by atoms with van der Waals surface area (Å²) in [5, 5.41) is 3.91. The Morgan fingerprint density at radius 1 is 1.45 bits per heavy atom. The van der Waals surface area contributed by atoms with Gasteiger partial charge in [-0.2, -0.15) is 4.37 Å². The summed E-state index contributed by atoms with van der Waals surface area (Å²) in [4.78, 5) is 17.4. The number of amides is 1. The second-order valence-electron chi connectivity index (χ2n) is 4.27. The Balaban J connectivity index is 2.16. The van der Waals surface area contributed by atoms with Crippen LogP contribution in [0.2, 0.25) is 0 Å². The summed E-state index contributed by atoms with van der Waals surface area (Å²) >= 11 is 1.26. The zero-order valence-corrected chi connectivity index (χ0v) is 12.3. The van der Waals surface area contributed by atoms with Crippen LogP contribution in [0.3, 0.4) is 0 Å². The summed E-state index contributed by atoms with van der Waals surface area (Å²) in [6.45, 7) is 2.84. The van der Waals surface area contributed by atoms with Gasteiger partial charge in [-0.15, -0.1) is 0 Å². The minimum atomic E-state index is 0.0279. The van der Waals surface area contributed by atoms with E-state index in [9.17, 15) is 4.79 Å². The third kappa shape index (κ3) is 3.05. The van der Waals surface area contributed by atoms with Gasteiger partial charge >= 0.3 is 0 Å². The number of hydrogen-bond donors (Lipinski definition) is 2. The Labute approximate surface area is 121 Å². The van der Waals surface area contributed by atoms with E-state index in [0.717, 1.165) is 16.1 Å². The minimum Gasteiger partial charge on any atom is -0.382 e. The lowest BCUT2D eigenvalue weighted by Crippen LogP contribution is -2.31. The Bertz CT molecular complexity index is 584. The number of carbonyl (C=O) groups excluding carboxylic acids is 1. The van der Waals surface area contributed by atoms with E-state index in [-0.39, 0.29) is 12.5 Å². The third-order valence-electron chi connectivity index (χ3n) is 2.99. The fourth-order valence-corrected chi connectivity index (χ4v) is 2.42. The monoisotopic (exact) mass is 291 g/mol. The van der Waals surface area contributed by atoms with Gasteiger partial charge in [-0.05, 0) is 36.2 Å². The fourth-order valence-electron chi connectivity index (χ4n) is 1.69. The van der Waals surface area contributed by atoms with Crippen molar-refractivity contribution >= 4 is 28.3 Å². The van der Waals surface area contributed by atoms with Crippen molar-refractivity contribution in [3.63, 3.8) is 0 Å². The van der Waals surface area contributed by atoms with E-state index < -0.39 is 0 Å². The molecule has 6 nitrogen and oxygen atoms in total. The van der Waals surface area contributed by atoms with Crippen LogP contribution in [0, 0.1) is 0 Å². The number of nitrogens with zero attached hydrogens (tertiary/aromatic N) is 3. The molecule has 0 saturated heterocycles. The number of nitrogens with one attached hydrogen (secondary N) is 1. The Morgan fingerprint density at radius 2 is 2.15 bits per heavy atom. The Hall–Kier alpha value is -2.15. The molecule has 0 saturated carbocycles. The van der Waals surface area contributed by atoms with E-state index >= 15 is 0 Å². The summed E-state index contributed by atoms with van der Waals surface area (Å²) in [7, 11) is 1.77. The molecule has 0 unspecified atom stereocenters. The fraction of sp³-hybridized carbons (Fsp3) is 0.308. The van der Waals surface area contributed by atoms with Gasteiger partial charge in [0.25, 0.3) is 0 Å². The average molecular weight is 291 g/mol. The zero-order chi connectivity index (χ0) is 14.5. The number of carbonyl (C=O) groups is 1. The maximum atomic E-state index is 11.8. The first-order chi connectivity index (χ1) is 9.63. The molecule has 7 heteroatoms. The first-order valence-corrected chi connectivity index (χ1v) is 7.04. The SMILES string of the molecule is CCN(C)C(=O)CNc1snc(N)c1-c1ccncc1. The summed E-state index contributed by atoms with van der Waals surface area (Å²) in [6.07, 6.45) is 3.40. The first-order valence-electron chi connectivity index (χ1n) is 6.26. The van der Waals surface area contributed by atoms with Crippen molar-refractivity contribution in [2.45, 2.75) is 6.92 Å². The van der Waals surface area contributed by atoms with Crippen LogP contribution in [0.1, 0.15) is 6.92 Å². The number of likely N-dealkylation sites (N-methyl/N-ethyl adjacent to an activating group) is 1. The molecule has 0 aliphatic rings. The molecule has 0 aliphatic carbocycles. The van der Waals surface area contributed by atoms with Crippen molar-refractivity contribution in [1.29, 1.82) is 0 Å². The van der Waals surface area contributed by atoms with Gasteiger partial charge < -0.3 is 16.0 Å². The van der Waals surface area contributed by atoms with Crippen LogP contribution in [0.4, 0.5) is 10.8 Å². The summed E-state index contributed by atoms with van der Waals surface area (Å²) in [5.41, 5.74) is 7.67. The van der Waals surface area contributed by atoms with Crippen molar-refractivity contribution in [2.24, 2.45) is 0 Å². The Kier molecular flexibility index (Phi) is 4.52. The Morgan fingerprint density at radius 3 is 2.80 bits per heavy atom. The number of pyridine rings is 1. The van der Waals surface area contributed by atoms with Crippen LogP contribution in [0.25, 0.3) is 11.1 Å². The van der Waals surface area contributed by atoms with E-state index in [0.29, 0.717) is 12.4 Å². The van der Waals surface area contributed by atoms with E-state index in [1.807, 2.05) is 19.1 Å². The van der Waals surface area contributed by atoms with Crippen LogP contribution >= 0.6 is 11.5 Å². The van der Waals surface area contributed by atoms with E-state index in [2.05, 4.69) is 14.7 Å². The lowest BCUT2D eigenvalue weighted by atomic mass is 10.1. The normalized spacial score (nSPS) is 10.3. The molecule has 1 amide bonds. The van der Waals surface area contributed by atoms with Crippen molar-refractivity contribution in [3.05, 3.63) is 24.5 Å². The number of nitrogens with two attached hydrogens (primary N) is 1. The molecular formula is C13H17N5OS. The predicted octanol–water partition coefficient (Wildman–Crippen LogP) is 1.68. The lowest BCUT2D eigenvalue weighted by molar-refractivity contribution is -0.127. The van der Waals surface area contributed by atoms with Gasteiger partial charge in [0.2, 0.25) is 5.91 Å². The van der Waals surface area contributed by atoms with E-state index in [1.165, 1.54) is 11.5 Å². The predicted molar refractivity (Wildman–Crippen MR) is 81.6 cm³/mol. The largest absolute Gasteiger partial charge is 0.382 e. The number of nitrogen functional groups attached to an aromatic ring is 1. The molecule has 0 bridgehead atoms. The molecule has 3 N–H and O–H groups in total. The van der Waals surface area contributed by atoms with Crippen molar-refractivity contribution in [2.75, 3.05) is 31.2 Å². The van der Waals surface area contributed by atoms with Crippen LogP contribution < -0.4 is 11.1 Å². The second-order valence-corrected chi connectivity index (χ2v) is 5.04. The topological polar surface area (TPSA) is 84.1 Å². The molecule has 0 spiro atoms. The molecule has 2 aromatic rings. The van der Waals surface area contributed by atoms with Gasteiger partial charge in [-0.3, -0.25) is 9.78 Å². The van der Waals surface area contributed by atoms with Gasteiger partial charge in [0.05, 0.1) is 12.1 Å². The van der Waals surface area contributed by atoms with E-state index in [1.54, 1.807) is 24.3 Å². The van der Waals surface area contributed by atoms with Crippen molar-refractivity contribution in [3.8, 4) is 11.1 Å². The highest BCUT2D eigenvalue weighted by Gasteiger charge is 2.15. The molecule has 2 rings (SSSR count). The molecule has 20 heavy (non-hydrogen) atoms. The number of rotatable bonds is 5. The van der Waals surface area contributed by atoms with E-state index in [4.69, 9.17) is 5.73 Å². The van der Waals surface area contributed by atoms with Crippen LogP contribution in [-0.4, -0.2) is 40.3 Å². The average Bonchev–Trinajstić information content (AvgIpc) is 2.85. The molecular weight excluding hydrogens is 274 g/mol. The van der Waals surface area contributed by atoms with Gasteiger partial charge in [0.1, 0.15) is 10.8 Å². The number of anilines is 2. The third-order valence-corrected chi connectivity index (χ3v) is 3.81. The first kappa shape index (κ1) is 14.3. The molecule has 0 aliphatic heterocycles. The number of aromatic nitrogens is 2. The molecule has 2 heterocycles. The number of hydrogen-bond acceptors (Lipinski definition) is 6. The molecule has 106 valence electrons. The zero-order valence-electron chi connectivity index (χ0n) is 11.5. The quantitative estimate of drug-likeness (QED) is 0.875. The molecule has 0 fully saturated rings. The minimum absolute atomic E-state index is 0.0279. The van der Waals surface area contributed by atoms with Crippen LogP contribution in [-0.2, 0) is 4.79 Å². The van der Waals surface area contributed by atoms with Gasteiger partial charge in [-0.25, -0.2) is 0 Å². The highest BCUT2D eigenvalue weighted by atomic mass is 32.1. The summed E-state index contributed by atoms with van der Waals surface area (Å²) < 4.78 is 4.15. The van der Waals surface area contributed by atoms with Crippen LogP contribution in [0.15, 0.2) is 24.5 Å². The standard InChI is InChI=1S/C13H17N5OS/c1-3-18(2)10(19)8-16-13-11(12(14)17-20-13)9-4-6-15-7-5-9/h4-7,16H,3,8H2,1-2H3,(H2,14,17). The van der Waals surface area contributed by atoms with Crippen molar-refractivity contribution in [1.82, 2.24) is 14.3 Å². The lowest BCUT2D eigenvalue weighted by Gasteiger charge is -2.15. The van der Waals surface area contributed by atoms with Gasteiger partial charge in [0, 0.05) is 26.0 Å². The summed E-state index contributed by atoms with van der Waals surface area (Å²) in [5.74, 6) is 0.486. The molecule has 0 aromatic carbocycles. The molecule has 0 atom stereocenters. The van der Waals surface area contributed by atoms with Gasteiger partial charge in [-0.1, -0.05) is 0 Å². The summed E-state index contributed by atoms with van der Waals surface area (Å²) in [6, 6.07) is 3.73. The maximum Gasteiger partial charge on any atom is 0.241 e. The highest BCUT2D eigenvalue weighted by Crippen LogP contribution is 2.36. The smallest absolute Gasteiger partial charge is 0.241 e. The highest BCUT2D eigenvalue weighted by molar-refractivity contribution is 7.11. The van der Waals surface area contributed by atoms with Crippen LogP contribution in [0.5, 0.6) is 0 Å². The van der Waals surface area contributed by atoms with Crippen molar-refractivity contribution < 1.29 is 4.79 Å². The maximum absolute atomic E-state index is 11.8. The molecule has 0 radical (unpaired) electrons. The van der Waals surface area contributed by atoms with Gasteiger partial charge in [0.15, 0.2) is 0 Å².